The molecular weight excluding hydrogens is 276 g/mol. The molecule has 0 fully saturated rings. The molecule has 6 nitrogen and oxygen atoms in total. The van der Waals surface area contributed by atoms with Crippen LogP contribution in [-0.2, 0) is 19.4 Å². The Morgan fingerprint density at radius 1 is 0.909 bits per heavy atom. The first-order valence-electron chi connectivity index (χ1n) is 7.70. The molecule has 4 heterocycles. The lowest BCUT2D eigenvalue weighted by Crippen LogP contribution is -2.27. The van der Waals surface area contributed by atoms with Crippen LogP contribution in [0.15, 0.2) is 25.0 Å². The summed E-state index contributed by atoms with van der Waals surface area (Å²) in [5, 5.41) is 0. The van der Waals surface area contributed by atoms with E-state index in [1.165, 1.54) is 23.2 Å². The van der Waals surface area contributed by atoms with E-state index in [2.05, 4.69) is 43.8 Å². The zero-order chi connectivity index (χ0) is 15.4. The van der Waals surface area contributed by atoms with Crippen molar-refractivity contribution in [3.63, 3.8) is 0 Å². The summed E-state index contributed by atoms with van der Waals surface area (Å²) in [5.41, 5.74) is 3.78. The molecule has 0 radical (unpaired) electrons. The number of likely N-dealkylation sites (N-methyl/N-ethyl adjacent to an activating group) is 1. The molecule has 0 atom stereocenters. The first-order chi connectivity index (χ1) is 10.7. The summed E-state index contributed by atoms with van der Waals surface area (Å²) >= 11 is 0. The minimum atomic E-state index is 0.996. The quantitative estimate of drug-likeness (QED) is 0.731. The minimum absolute atomic E-state index is 0.996. The molecule has 116 valence electrons. The second-order valence-electron chi connectivity index (χ2n) is 5.88. The third-order valence-electron chi connectivity index (χ3n) is 4.12. The third-order valence-corrected chi connectivity index (χ3v) is 4.12. The maximum Gasteiger partial charge on any atom is 0.134 e. The van der Waals surface area contributed by atoms with Gasteiger partial charge < -0.3 is 9.80 Å². The Bertz CT molecular complexity index is 630. The molecule has 0 unspecified atom stereocenters. The molecule has 2 aliphatic rings. The van der Waals surface area contributed by atoms with Gasteiger partial charge in [0.2, 0.25) is 0 Å². The molecule has 0 N–H and O–H groups in total. The molecule has 0 saturated carbocycles. The smallest absolute Gasteiger partial charge is 0.134 e. The lowest BCUT2D eigenvalue weighted by molar-refractivity contribution is 0.309. The maximum atomic E-state index is 4.22. The molecule has 0 spiro atoms. The number of rotatable bonds is 0. The molecule has 2 aromatic rings. The Balaban J connectivity index is 0.000000131. The molecule has 0 amide bonds. The van der Waals surface area contributed by atoms with Crippen LogP contribution in [0.2, 0.25) is 0 Å². The minimum Gasteiger partial charge on any atom is -0.359 e. The number of aromatic nitrogens is 4. The predicted octanol–water partition coefficient (Wildman–Crippen LogP) is 1.32. The van der Waals surface area contributed by atoms with Crippen LogP contribution in [0, 0.1) is 0 Å². The van der Waals surface area contributed by atoms with Gasteiger partial charge in [-0.3, -0.25) is 0 Å². The van der Waals surface area contributed by atoms with E-state index in [-0.39, 0.29) is 0 Å². The van der Waals surface area contributed by atoms with Gasteiger partial charge >= 0.3 is 0 Å². The van der Waals surface area contributed by atoms with Crippen molar-refractivity contribution in [2.45, 2.75) is 25.8 Å². The lowest BCUT2D eigenvalue weighted by Gasteiger charge is -2.24. The van der Waals surface area contributed by atoms with Crippen molar-refractivity contribution in [1.82, 2.24) is 24.8 Å². The Kier molecular flexibility index (Phi) is 4.58. The average Bonchev–Trinajstić information content (AvgIpc) is 2.56. The van der Waals surface area contributed by atoms with Gasteiger partial charge in [-0.25, -0.2) is 19.9 Å². The highest BCUT2D eigenvalue weighted by Crippen LogP contribution is 2.21. The predicted molar refractivity (Wildman–Crippen MR) is 85.7 cm³/mol. The van der Waals surface area contributed by atoms with Crippen molar-refractivity contribution in [3.05, 3.63) is 41.9 Å². The van der Waals surface area contributed by atoms with Gasteiger partial charge in [0.25, 0.3) is 0 Å². The summed E-state index contributed by atoms with van der Waals surface area (Å²) in [5.74, 6) is 1.10. The summed E-state index contributed by atoms with van der Waals surface area (Å²) in [6.45, 7) is 3.23. The average molecular weight is 298 g/mol. The fourth-order valence-electron chi connectivity index (χ4n) is 2.89. The van der Waals surface area contributed by atoms with Crippen LogP contribution in [0.25, 0.3) is 0 Å². The van der Waals surface area contributed by atoms with Gasteiger partial charge in [0.05, 0.1) is 0 Å². The number of hydrogen-bond acceptors (Lipinski definition) is 6. The molecule has 2 aliphatic heterocycles. The van der Waals surface area contributed by atoms with Gasteiger partial charge in [0.1, 0.15) is 18.5 Å². The van der Waals surface area contributed by atoms with Crippen LogP contribution in [0.1, 0.15) is 23.2 Å². The van der Waals surface area contributed by atoms with Gasteiger partial charge in [0.15, 0.2) is 0 Å². The van der Waals surface area contributed by atoms with E-state index in [1.807, 2.05) is 12.4 Å². The molecule has 0 aromatic carbocycles. The first kappa shape index (κ1) is 14.8. The number of anilines is 1. The monoisotopic (exact) mass is 298 g/mol. The second-order valence-corrected chi connectivity index (χ2v) is 5.88. The highest BCUT2D eigenvalue weighted by molar-refractivity contribution is 5.46. The number of aryl methyl sites for hydroxylation is 1. The van der Waals surface area contributed by atoms with E-state index in [4.69, 9.17) is 0 Å². The summed E-state index contributed by atoms with van der Waals surface area (Å²) < 4.78 is 0. The fraction of sp³-hybridized carbons (Fsp3) is 0.500. The molecule has 22 heavy (non-hydrogen) atoms. The standard InChI is InChI=1S/2C8H11N3/c1-11-3-2-8-7(5-11)4-9-6-10-8;1-11-4-2-3-7-5-9-6-10-8(7)11/h4,6H,2-3,5H2,1H3;5-6H,2-4H2,1H3. The molecule has 6 heteroatoms. The molecule has 0 bridgehead atoms. The topological polar surface area (TPSA) is 58.0 Å². The zero-order valence-corrected chi connectivity index (χ0v) is 13.2. The summed E-state index contributed by atoms with van der Waals surface area (Å²) in [6.07, 6.45) is 10.5. The van der Waals surface area contributed by atoms with Crippen LogP contribution >= 0.6 is 0 Å². The maximum absolute atomic E-state index is 4.22. The van der Waals surface area contributed by atoms with Gasteiger partial charge in [-0.15, -0.1) is 0 Å². The third kappa shape index (κ3) is 3.39. The highest BCUT2D eigenvalue weighted by atomic mass is 15.2. The summed E-state index contributed by atoms with van der Waals surface area (Å²) in [4.78, 5) is 20.9. The Morgan fingerprint density at radius 2 is 1.68 bits per heavy atom. The van der Waals surface area contributed by atoms with Crippen molar-refractivity contribution in [2.24, 2.45) is 0 Å². The van der Waals surface area contributed by atoms with Gasteiger partial charge in [-0.05, 0) is 19.9 Å². The lowest BCUT2D eigenvalue weighted by atomic mass is 10.1. The van der Waals surface area contributed by atoms with E-state index in [0.29, 0.717) is 0 Å². The number of hydrogen-bond donors (Lipinski definition) is 0. The van der Waals surface area contributed by atoms with E-state index in [1.54, 1.807) is 12.7 Å². The van der Waals surface area contributed by atoms with Gasteiger partial charge in [0, 0.05) is 62.3 Å². The van der Waals surface area contributed by atoms with Crippen molar-refractivity contribution < 1.29 is 0 Å². The summed E-state index contributed by atoms with van der Waals surface area (Å²) in [7, 11) is 4.20. The first-order valence-corrected chi connectivity index (χ1v) is 7.70. The summed E-state index contributed by atoms with van der Waals surface area (Å²) in [6, 6.07) is 0. The highest BCUT2D eigenvalue weighted by Gasteiger charge is 2.14. The van der Waals surface area contributed by atoms with E-state index < -0.39 is 0 Å². The molecule has 0 aliphatic carbocycles. The van der Waals surface area contributed by atoms with Gasteiger partial charge in [-0.2, -0.15) is 0 Å². The normalized spacial score (nSPS) is 17.1. The fourth-order valence-corrected chi connectivity index (χ4v) is 2.89. The van der Waals surface area contributed by atoms with Crippen LogP contribution in [-0.4, -0.2) is 52.0 Å². The van der Waals surface area contributed by atoms with Crippen LogP contribution < -0.4 is 4.90 Å². The SMILES string of the molecule is CN1CCCc2cncnc21.CN1CCc2ncncc2C1. The van der Waals surface area contributed by atoms with Crippen molar-refractivity contribution >= 4 is 5.82 Å². The molecular formula is C16H22N6. The van der Waals surface area contributed by atoms with Gasteiger partial charge in [-0.1, -0.05) is 0 Å². The van der Waals surface area contributed by atoms with Crippen LogP contribution in [0.4, 0.5) is 5.82 Å². The second kappa shape index (κ2) is 6.79. The number of nitrogens with zero attached hydrogens (tertiary/aromatic N) is 6. The Hall–Kier alpha value is -2.08. The Labute approximate surface area is 131 Å². The largest absolute Gasteiger partial charge is 0.359 e. The van der Waals surface area contributed by atoms with Crippen LogP contribution in [0.3, 0.4) is 0 Å². The molecule has 4 rings (SSSR count). The molecule has 0 saturated heterocycles. The van der Waals surface area contributed by atoms with Crippen molar-refractivity contribution in [3.8, 4) is 0 Å². The van der Waals surface area contributed by atoms with Crippen molar-refractivity contribution in [2.75, 3.05) is 32.1 Å². The van der Waals surface area contributed by atoms with E-state index in [9.17, 15) is 0 Å². The molecule has 2 aromatic heterocycles. The number of fused-ring (bicyclic) bond motifs is 2. The zero-order valence-electron chi connectivity index (χ0n) is 13.2. The van der Waals surface area contributed by atoms with Crippen molar-refractivity contribution in [1.29, 1.82) is 0 Å². The van der Waals surface area contributed by atoms with Crippen LogP contribution in [0.5, 0.6) is 0 Å². The van der Waals surface area contributed by atoms with E-state index >= 15 is 0 Å². The van der Waals surface area contributed by atoms with E-state index in [0.717, 1.165) is 38.3 Å². The Morgan fingerprint density at radius 3 is 2.50 bits per heavy atom.